The SMILES string of the molecule is O=C1NC(=S)S/C1=C/c1ccc2c(c1)N(CCCOc1ccccc1)C(=O)CO2. The van der Waals surface area contributed by atoms with E-state index in [4.69, 9.17) is 21.7 Å². The van der Waals surface area contributed by atoms with Crippen LogP contribution >= 0.6 is 24.0 Å². The zero-order valence-electron chi connectivity index (χ0n) is 15.4. The van der Waals surface area contributed by atoms with Gasteiger partial charge in [-0.05, 0) is 42.3 Å². The number of para-hydroxylation sites is 1. The number of fused-ring (bicyclic) bond motifs is 1. The van der Waals surface area contributed by atoms with E-state index in [1.165, 1.54) is 11.8 Å². The zero-order valence-corrected chi connectivity index (χ0v) is 17.1. The molecule has 0 bridgehead atoms. The fourth-order valence-corrected chi connectivity index (χ4v) is 4.10. The number of thioether (sulfide) groups is 1. The lowest BCUT2D eigenvalue weighted by Gasteiger charge is -2.29. The first-order valence-corrected chi connectivity index (χ1v) is 10.3. The molecule has 8 heteroatoms. The first-order chi connectivity index (χ1) is 14.1. The maximum atomic E-state index is 12.4. The third-order valence-electron chi connectivity index (χ3n) is 4.40. The predicted octanol–water partition coefficient (Wildman–Crippen LogP) is 3.37. The van der Waals surface area contributed by atoms with Crippen molar-refractivity contribution in [3.8, 4) is 11.5 Å². The van der Waals surface area contributed by atoms with Gasteiger partial charge < -0.3 is 19.7 Å². The lowest BCUT2D eigenvalue weighted by molar-refractivity contribution is -0.121. The molecule has 2 aromatic carbocycles. The Kier molecular flexibility index (Phi) is 5.82. The molecule has 6 nitrogen and oxygen atoms in total. The Morgan fingerprint density at radius 3 is 2.79 bits per heavy atom. The Balaban J connectivity index is 1.47. The van der Waals surface area contributed by atoms with E-state index in [9.17, 15) is 9.59 Å². The number of carbonyl (C=O) groups excluding carboxylic acids is 2. The number of benzene rings is 2. The van der Waals surface area contributed by atoms with E-state index >= 15 is 0 Å². The molecule has 4 rings (SSSR count). The number of anilines is 1. The molecule has 1 N–H and O–H groups in total. The summed E-state index contributed by atoms with van der Waals surface area (Å²) in [6.07, 6.45) is 2.44. The number of carbonyl (C=O) groups is 2. The highest BCUT2D eigenvalue weighted by Crippen LogP contribution is 2.35. The fraction of sp³-hybridized carbons (Fsp3) is 0.190. The van der Waals surface area contributed by atoms with Crippen molar-refractivity contribution in [3.63, 3.8) is 0 Å². The molecule has 1 fully saturated rings. The number of rotatable bonds is 6. The summed E-state index contributed by atoms with van der Waals surface area (Å²) in [4.78, 5) is 26.6. The van der Waals surface area contributed by atoms with Gasteiger partial charge in [-0.15, -0.1) is 0 Å². The van der Waals surface area contributed by atoms with Gasteiger partial charge in [0.05, 0.1) is 17.2 Å². The molecule has 2 amide bonds. The summed E-state index contributed by atoms with van der Waals surface area (Å²) in [5.41, 5.74) is 1.50. The van der Waals surface area contributed by atoms with E-state index in [2.05, 4.69) is 5.32 Å². The lowest BCUT2D eigenvalue weighted by atomic mass is 10.1. The number of hydrogen-bond acceptors (Lipinski definition) is 6. The van der Waals surface area contributed by atoms with Crippen molar-refractivity contribution in [2.45, 2.75) is 6.42 Å². The van der Waals surface area contributed by atoms with Crippen LogP contribution in [0.1, 0.15) is 12.0 Å². The van der Waals surface area contributed by atoms with Gasteiger partial charge in [-0.2, -0.15) is 0 Å². The molecule has 1 saturated heterocycles. The third-order valence-corrected chi connectivity index (χ3v) is 5.57. The quantitative estimate of drug-likeness (QED) is 0.434. The number of amides is 2. The normalized spacial score (nSPS) is 17.2. The molecule has 2 heterocycles. The van der Waals surface area contributed by atoms with Gasteiger partial charge in [0.25, 0.3) is 11.8 Å². The molecule has 0 spiro atoms. The Morgan fingerprint density at radius 2 is 2.03 bits per heavy atom. The van der Waals surface area contributed by atoms with Gasteiger partial charge in [0.1, 0.15) is 15.8 Å². The van der Waals surface area contributed by atoms with Crippen LogP contribution in [0, 0.1) is 0 Å². The summed E-state index contributed by atoms with van der Waals surface area (Å²) in [5.74, 6) is 1.14. The number of nitrogens with zero attached hydrogens (tertiary/aromatic N) is 1. The summed E-state index contributed by atoms with van der Waals surface area (Å²) in [6, 6.07) is 15.1. The lowest BCUT2D eigenvalue weighted by Crippen LogP contribution is -2.39. The molecule has 2 aliphatic heterocycles. The zero-order chi connectivity index (χ0) is 20.2. The molecule has 0 saturated carbocycles. The Morgan fingerprint density at radius 1 is 1.21 bits per heavy atom. The van der Waals surface area contributed by atoms with Crippen LogP contribution in [0.15, 0.2) is 53.4 Å². The van der Waals surface area contributed by atoms with Crippen LogP contribution in [0.3, 0.4) is 0 Å². The van der Waals surface area contributed by atoms with Gasteiger partial charge >= 0.3 is 0 Å². The van der Waals surface area contributed by atoms with E-state index in [1.54, 1.807) is 11.0 Å². The van der Waals surface area contributed by atoms with Crippen molar-refractivity contribution >= 4 is 51.9 Å². The molecule has 0 unspecified atom stereocenters. The van der Waals surface area contributed by atoms with Crippen molar-refractivity contribution in [1.82, 2.24) is 5.32 Å². The predicted molar refractivity (Wildman–Crippen MR) is 117 cm³/mol. The smallest absolute Gasteiger partial charge is 0.265 e. The summed E-state index contributed by atoms with van der Waals surface area (Å²) in [5, 5.41) is 2.60. The minimum Gasteiger partial charge on any atom is -0.494 e. The molecule has 0 radical (unpaired) electrons. The Bertz CT molecular complexity index is 991. The number of nitrogens with one attached hydrogen (secondary N) is 1. The van der Waals surface area contributed by atoms with Gasteiger partial charge in [-0.1, -0.05) is 48.2 Å². The second kappa shape index (κ2) is 8.67. The number of ether oxygens (including phenoxy) is 2. The highest BCUT2D eigenvalue weighted by Gasteiger charge is 2.26. The molecule has 2 aliphatic rings. The van der Waals surface area contributed by atoms with Crippen molar-refractivity contribution in [2.75, 3.05) is 24.7 Å². The van der Waals surface area contributed by atoms with Gasteiger partial charge in [0, 0.05) is 6.54 Å². The number of thiocarbonyl (C=S) groups is 1. The van der Waals surface area contributed by atoms with Crippen LogP contribution in [-0.4, -0.2) is 35.9 Å². The van der Waals surface area contributed by atoms with Crippen LogP contribution in [0.25, 0.3) is 6.08 Å². The van der Waals surface area contributed by atoms with Crippen molar-refractivity contribution in [2.24, 2.45) is 0 Å². The topological polar surface area (TPSA) is 67.9 Å². The Hall–Kier alpha value is -2.84. The molecule has 148 valence electrons. The second-order valence-corrected chi connectivity index (χ2v) is 8.15. The molecule has 0 aromatic heterocycles. The van der Waals surface area contributed by atoms with Crippen LogP contribution < -0.4 is 19.7 Å². The van der Waals surface area contributed by atoms with Crippen LogP contribution in [-0.2, 0) is 9.59 Å². The fourth-order valence-electron chi connectivity index (χ4n) is 3.06. The van der Waals surface area contributed by atoms with E-state index in [1.807, 2.05) is 48.5 Å². The van der Waals surface area contributed by atoms with E-state index in [0.29, 0.717) is 40.2 Å². The van der Waals surface area contributed by atoms with Crippen molar-refractivity contribution in [3.05, 3.63) is 59.0 Å². The van der Waals surface area contributed by atoms with Crippen molar-refractivity contribution in [1.29, 1.82) is 0 Å². The molecule has 0 atom stereocenters. The molecule has 29 heavy (non-hydrogen) atoms. The highest BCUT2D eigenvalue weighted by molar-refractivity contribution is 8.26. The van der Waals surface area contributed by atoms with E-state index in [0.717, 1.165) is 11.3 Å². The monoisotopic (exact) mass is 426 g/mol. The highest BCUT2D eigenvalue weighted by atomic mass is 32.2. The largest absolute Gasteiger partial charge is 0.494 e. The summed E-state index contributed by atoms with van der Waals surface area (Å²) < 4.78 is 11.7. The minimum absolute atomic E-state index is 0.0134. The molecule has 0 aliphatic carbocycles. The standard InChI is InChI=1S/C21H18N2O4S2/c24-19-13-27-17-8-7-14(12-18-20(25)22-21(28)29-18)11-16(17)23(19)9-4-10-26-15-5-2-1-3-6-15/h1-3,5-8,11-12H,4,9-10,13H2,(H,22,25,28)/b18-12+. The summed E-state index contributed by atoms with van der Waals surface area (Å²) in [7, 11) is 0. The average Bonchev–Trinajstić information content (AvgIpc) is 3.04. The van der Waals surface area contributed by atoms with Crippen LogP contribution in [0.2, 0.25) is 0 Å². The van der Waals surface area contributed by atoms with Gasteiger partial charge in [-0.25, -0.2) is 0 Å². The van der Waals surface area contributed by atoms with E-state index < -0.39 is 0 Å². The second-order valence-electron chi connectivity index (χ2n) is 6.43. The Labute approximate surface area is 177 Å². The van der Waals surface area contributed by atoms with E-state index in [-0.39, 0.29) is 18.4 Å². The maximum absolute atomic E-state index is 12.4. The first-order valence-electron chi connectivity index (χ1n) is 9.10. The van der Waals surface area contributed by atoms with Gasteiger partial charge in [0.2, 0.25) is 0 Å². The first kappa shape index (κ1) is 19.5. The maximum Gasteiger partial charge on any atom is 0.265 e. The van der Waals surface area contributed by atoms with Crippen molar-refractivity contribution < 1.29 is 19.1 Å². The molecule has 2 aromatic rings. The van der Waals surface area contributed by atoms with Gasteiger partial charge in [0.15, 0.2) is 6.61 Å². The van der Waals surface area contributed by atoms with Crippen LogP contribution in [0.4, 0.5) is 5.69 Å². The number of hydrogen-bond donors (Lipinski definition) is 1. The average molecular weight is 427 g/mol. The molecular weight excluding hydrogens is 408 g/mol. The summed E-state index contributed by atoms with van der Waals surface area (Å²) >= 11 is 6.25. The minimum atomic E-state index is -0.208. The summed E-state index contributed by atoms with van der Waals surface area (Å²) in [6.45, 7) is 1.03. The van der Waals surface area contributed by atoms with Crippen LogP contribution in [0.5, 0.6) is 11.5 Å². The third kappa shape index (κ3) is 4.60. The van der Waals surface area contributed by atoms with Gasteiger partial charge in [-0.3, -0.25) is 9.59 Å². The molecular formula is C21H18N2O4S2.